The number of rotatable bonds is 6. The zero-order valence-electron chi connectivity index (χ0n) is 14.6. The second-order valence-electron chi connectivity index (χ2n) is 6.14. The molecule has 1 amide bonds. The third-order valence-electron chi connectivity index (χ3n) is 4.08. The maximum Gasteiger partial charge on any atom is 0.331 e. The van der Waals surface area contributed by atoms with E-state index in [-0.39, 0.29) is 18.6 Å². The first-order chi connectivity index (χ1) is 12.7. The third kappa shape index (κ3) is 5.49. The van der Waals surface area contributed by atoms with Crippen molar-refractivity contribution < 1.29 is 28.5 Å². The molecule has 2 aliphatic rings. The first kappa shape index (κ1) is 18.3. The van der Waals surface area contributed by atoms with E-state index in [1.807, 2.05) is 12.1 Å². The van der Waals surface area contributed by atoms with E-state index in [9.17, 15) is 9.59 Å². The second kappa shape index (κ2) is 9.24. The van der Waals surface area contributed by atoms with Crippen LogP contribution in [0, 0.1) is 0 Å². The molecule has 0 aromatic heterocycles. The van der Waals surface area contributed by atoms with Gasteiger partial charge in [0.25, 0.3) is 5.91 Å². The Bertz CT molecular complexity index is 666. The molecule has 0 aliphatic carbocycles. The Labute approximate surface area is 152 Å². The summed E-state index contributed by atoms with van der Waals surface area (Å²) in [5.74, 6) is 0.443. The summed E-state index contributed by atoms with van der Waals surface area (Å²) in [6.45, 7) is 2.10. The molecular weight excluding hydrogens is 338 g/mol. The summed E-state index contributed by atoms with van der Waals surface area (Å²) in [5.41, 5.74) is 0.786. The summed E-state index contributed by atoms with van der Waals surface area (Å²) in [5, 5.41) is 2.70. The highest BCUT2D eigenvalue weighted by Gasteiger charge is 2.16. The topological polar surface area (TPSA) is 83.1 Å². The molecule has 7 heteroatoms. The van der Waals surface area contributed by atoms with Crippen molar-refractivity contribution in [2.45, 2.75) is 25.4 Å². The minimum Gasteiger partial charge on any atom is -0.490 e. The Kier molecular flexibility index (Phi) is 6.49. The number of hydrogen-bond donors (Lipinski definition) is 1. The predicted octanol–water partition coefficient (Wildman–Crippen LogP) is 1.70. The molecule has 2 aliphatic heterocycles. The van der Waals surface area contributed by atoms with Gasteiger partial charge in [0.15, 0.2) is 18.1 Å². The monoisotopic (exact) mass is 361 g/mol. The Morgan fingerprint density at radius 3 is 2.81 bits per heavy atom. The van der Waals surface area contributed by atoms with E-state index in [1.165, 1.54) is 6.08 Å². The Hall–Kier alpha value is -2.54. The van der Waals surface area contributed by atoms with Crippen LogP contribution in [0.3, 0.4) is 0 Å². The number of ether oxygens (including phenoxy) is 4. The minimum atomic E-state index is -0.579. The average molecular weight is 361 g/mol. The molecule has 0 unspecified atom stereocenters. The van der Waals surface area contributed by atoms with Gasteiger partial charge in [-0.15, -0.1) is 0 Å². The molecule has 1 aromatic carbocycles. The average Bonchev–Trinajstić information content (AvgIpc) is 3.07. The molecule has 1 fully saturated rings. The Balaban J connectivity index is 1.42. The summed E-state index contributed by atoms with van der Waals surface area (Å²) in [4.78, 5) is 23.4. The van der Waals surface area contributed by atoms with Crippen molar-refractivity contribution in [2.24, 2.45) is 0 Å². The number of carbonyl (C=O) groups excluding carboxylic acids is 2. The van der Waals surface area contributed by atoms with Gasteiger partial charge in [-0.2, -0.15) is 0 Å². The van der Waals surface area contributed by atoms with Crippen LogP contribution in [0.4, 0.5) is 0 Å². The van der Waals surface area contributed by atoms with E-state index in [0.717, 1.165) is 31.4 Å². The van der Waals surface area contributed by atoms with Crippen molar-refractivity contribution in [1.82, 2.24) is 5.32 Å². The van der Waals surface area contributed by atoms with Gasteiger partial charge in [-0.1, -0.05) is 6.07 Å². The summed E-state index contributed by atoms with van der Waals surface area (Å²) in [6.07, 6.45) is 5.75. The van der Waals surface area contributed by atoms with E-state index in [4.69, 9.17) is 18.9 Å². The van der Waals surface area contributed by atoms with Crippen LogP contribution in [-0.4, -0.2) is 51.0 Å². The van der Waals surface area contributed by atoms with Crippen molar-refractivity contribution in [3.63, 3.8) is 0 Å². The summed E-state index contributed by atoms with van der Waals surface area (Å²) >= 11 is 0. The zero-order chi connectivity index (χ0) is 18.2. The van der Waals surface area contributed by atoms with Crippen LogP contribution in [0.25, 0.3) is 6.08 Å². The molecular formula is C19H23NO6. The molecule has 0 radical (unpaired) electrons. The quantitative estimate of drug-likeness (QED) is 0.613. The first-order valence-corrected chi connectivity index (χ1v) is 8.83. The molecule has 3 rings (SSSR count). The normalized spacial score (nSPS) is 19.2. The van der Waals surface area contributed by atoms with Crippen molar-refractivity contribution in [3.8, 4) is 11.5 Å². The molecule has 26 heavy (non-hydrogen) atoms. The molecule has 0 bridgehead atoms. The third-order valence-corrected chi connectivity index (χ3v) is 4.08. The standard InChI is InChI=1S/C19H23NO6/c21-18(20-12-15-3-1-8-23-15)13-26-19(22)7-5-14-4-6-16-17(11-14)25-10-2-9-24-16/h4-7,11,15H,1-3,8-10,12-13H2,(H,20,21)/b7-5+/t15-/m1/s1. The summed E-state index contributed by atoms with van der Waals surface area (Å²) < 4.78 is 21.5. The van der Waals surface area contributed by atoms with Gasteiger partial charge >= 0.3 is 5.97 Å². The predicted molar refractivity (Wildman–Crippen MR) is 94.0 cm³/mol. The van der Waals surface area contributed by atoms with Gasteiger partial charge in [0.1, 0.15) is 0 Å². The Morgan fingerprint density at radius 2 is 2.00 bits per heavy atom. The fourth-order valence-electron chi connectivity index (χ4n) is 2.72. The van der Waals surface area contributed by atoms with Gasteiger partial charge in [0.2, 0.25) is 0 Å². The number of benzene rings is 1. The number of fused-ring (bicyclic) bond motifs is 1. The van der Waals surface area contributed by atoms with Gasteiger partial charge in [0.05, 0.1) is 19.3 Å². The number of nitrogens with one attached hydrogen (secondary N) is 1. The van der Waals surface area contributed by atoms with Crippen LogP contribution in [0.2, 0.25) is 0 Å². The first-order valence-electron chi connectivity index (χ1n) is 8.83. The van der Waals surface area contributed by atoms with Crippen LogP contribution in [0.5, 0.6) is 11.5 Å². The molecule has 140 valence electrons. The van der Waals surface area contributed by atoms with Gasteiger partial charge in [-0.05, 0) is 36.6 Å². The highest BCUT2D eigenvalue weighted by atomic mass is 16.5. The van der Waals surface area contributed by atoms with Crippen LogP contribution in [-0.2, 0) is 19.1 Å². The largest absolute Gasteiger partial charge is 0.490 e. The number of hydrogen-bond acceptors (Lipinski definition) is 6. The van der Waals surface area contributed by atoms with E-state index in [1.54, 1.807) is 12.1 Å². The van der Waals surface area contributed by atoms with E-state index in [2.05, 4.69) is 5.32 Å². The number of esters is 1. The molecule has 0 spiro atoms. The van der Waals surface area contributed by atoms with Gasteiger partial charge in [-0.25, -0.2) is 4.79 Å². The van der Waals surface area contributed by atoms with Crippen LogP contribution in [0.15, 0.2) is 24.3 Å². The smallest absolute Gasteiger partial charge is 0.331 e. The van der Waals surface area contributed by atoms with Crippen LogP contribution < -0.4 is 14.8 Å². The highest BCUT2D eigenvalue weighted by molar-refractivity contribution is 5.89. The maximum absolute atomic E-state index is 11.8. The van der Waals surface area contributed by atoms with Crippen molar-refractivity contribution in [2.75, 3.05) is 33.0 Å². The number of carbonyl (C=O) groups is 2. The van der Waals surface area contributed by atoms with E-state index < -0.39 is 5.97 Å². The van der Waals surface area contributed by atoms with E-state index in [0.29, 0.717) is 31.3 Å². The van der Waals surface area contributed by atoms with Gasteiger partial charge in [-0.3, -0.25) is 4.79 Å². The molecule has 1 saturated heterocycles. The lowest BCUT2D eigenvalue weighted by atomic mass is 10.2. The van der Waals surface area contributed by atoms with Gasteiger partial charge in [0, 0.05) is 25.6 Å². The van der Waals surface area contributed by atoms with E-state index >= 15 is 0 Å². The molecule has 2 heterocycles. The summed E-state index contributed by atoms with van der Waals surface area (Å²) in [7, 11) is 0. The molecule has 0 saturated carbocycles. The van der Waals surface area contributed by atoms with Crippen LogP contribution in [0.1, 0.15) is 24.8 Å². The lowest BCUT2D eigenvalue weighted by molar-refractivity contribution is -0.143. The van der Waals surface area contributed by atoms with Crippen molar-refractivity contribution in [1.29, 1.82) is 0 Å². The fraction of sp³-hybridized carbons (Fsp3) is 0.474. The maximum atomic E-state index is 11.8. The van der Waals surface area contributed by atoms with Gasteiger partial charge < -0.3 is 24.3 Å². The molecule has 7 nitrogen and oxygen atoms in total. The zero-order valence-corrected chi connectivity index (χ0v) is 14.6. The fourth-order valence-corrected chi connectivity index (χ4v) is 2.72. The van der Waals surface area contributed by atoms with Crippen molar-refractivity contribution >= 4 is 18.0 Å². The lowest BCUT2D eigenvalue weighted by Crippen LogP contribution is -2.34. The number of amides is 1. The molecule has 1 N–H and O–H groups in total. The molecule has 1 aromatic rings. The van der Waals surface area contributed by atoms with Crippen LogP contribution >= 0.6 is 0 Å². The second-order valence-corrected chi connectivity index (χ2v) is 6.14. The lowest BCUT2D eigenvalue weighted by Gasteiger charge is -2.10. The minimum absolute atomic E-state index is 0.0638. The SMILES string of the molecule is O=C(COC(=O)/C=C/c1ccc2c(c1)OCCCO2)NC[C@H]1CCCO1. The molecule has 1 atom stereocenters. The summed E-state index contributed by atoms with van der Waals surface area (Å²) in [6, 6.07) is 5.44. The highest BCUT2D eigenvalue weighted by Crippen LogP contribution is 2.30. The Morgan fingerprint density at radius 1 is 1.15 bits per heavy atom. The van der Waals surface area contributed by atoms with Crippen molar-refractivity contribution in [3.05, 3.63) is 29.8 Å².